The number of methoxy groups -OCH3 is 4. The summed E-state index contributed by atoms with van der Waals surface area (Å²) in [6, 6.07) is 7.87. The molecule has 2 rings (SSSR count). The van der Waals surface area contributed by atoms with E-state index in [1.807, 2.05) is 24.3 Å². The Balaban J connectivity index is 2.41. The SMILES string of the molecule is COc1ccc(/C=C\c2cc(OC)c(OC)c(OC)c2)c(C)c1C. The third-order valence-electron chi connectivity index (χ3n) is 4.14. The van der Waals surface area contributed by atoms with E-state index >= 15 is 0 Å². The molecule has 0 atom stereocenters. The second kappa shape index (κ2) is 7.77. The van der Waals surface area contributed by atoms with Crippen molar-refractivity contribution in [1.29, 1.82) is 0 Å². The van der Waals surface area contributed by atoms with Gasteiger partial charge in [0.2, 0.25) is 5.75 Å². The van der Waals surface area contributed by atoms with Crippen molar-refractivity contribution >= 4 is 12.2 Å². The molecule has 24 heavy (non-hydrogen) atoms. The maximum absolute atomic E-state index is 5.39. The minimum Gasteiger partial charge on any atom is -0.496 e. The molecule has 0 unspecified atom stereocenters. The zero-order valence-corrected chi connectivity index (χ0v) is 15.1. The number of ether oxygens (including phenoxy) is 4. The summed E-state index contributed by atoms with van der Waals surface area (Å²) in [6.45, 7) is 4.15. The van der Waals surface area contributed by atoms with Crippen LogP contribution in [0.1, 0.15) is 22.3 Å². The molecule has 0 amide bonds. The normalized spacial score (nSPS) is 10.8. The lowest BCUT2D eigenvalue weighted by Gasteiger charge is -2.13. The zero-order chi connectivity index (χ0) is 17.7. The molecule has 4 heteroatoms. The summed E-state index contributed by atoms with van der Waals surface area (Å²) in [6.07, 6.45) is 4.10. The third-order valence-corrected chi connectivity index (χ3v) is 4.14. The standard InChI is InChI=1S/C20H24O4/c1-13-14(2)17(21-3)10-9-16(13)8-7-15-11-18(22-4)20(24-6)19(12-15)23-5/h7-12H,1-6H3/b8-7-. The van der Waals surface area contributed by atoms with E-state index in [0.717, 1.165) is 22.4 Å². The van der Waals surface area contributed by atoms with Crippen LogP contribution in [0.2, 0.25) is 0 Å². The highest BCUT2D eigenvalue weighted by Crippen LogP contribution is 2.38. The molecular weight excluding hydrogens is 304 g/mol. The average molecular weight is 328 g/mol. The van der Waals surface area contributed by atoms with Crippen molar-refractivity contribution in [3.63, 3.8) is 0 Å². The Morgan fingerprint density at radius 2 is 1.25 bits per heavy atom. The van der Waals surface area contributed by atoms with E-state index in [4.69, 9.17) is 18.9 Å². The second-order valence-corrected chi connectivity index (χ2v) is 5.40. The van der Waals surface area contributed by atoms with E-state index in [1.54, 1.807) is 28.4 Å². The summed E-state index contributed by atoms with van der Waals surface area (Å²) in [5.74, 6) is 2.77. The molecule has 0 heterocycles. The molecule has 0 aliphatic carbocycles. The fourth-order valence-corrected chi connectivity index (χ4v) is 2.60. The van der Waals surface area contributed by atoms with Crippen LogP contribution in [-0.4, -0.2) is 28.4 Å². The Morgan fingerprint density at radius 3 is 1.75 bits per heavy atom. The van der Waals surface area contributed by atoms with Crippen molar-refractivity contribution < 1.29 is 18.9 Å². The van der Waals surface area contributed by atoms with E-state index in [0.29, 0.717) is 17.2 Å². The van der Waals surface area contributed by atoms with Gasteiger partial charge in [0.1, 0.15) is 5.75 Å². The van der Waals surface area contributed by atoms with Gasteiger partial charge in [0.15, 0.2) is 11.5 Å². The van der Waals surface area contributed by atoms with Crippen molar-refractivity contribution in [1.82, 2.24) is 0 Å². The maximum atomic E-state index is 5.39. The molecule has 0 bridgehead atoms. The summed E-state index contributed by atoms with van der Waals surface area (Å²) in [5.41, 5.74) is 4.45. The van der Waals surface area contributed by atoms with Crippen LogP contribution in [-0.2, 0) is 0 Å². The fraction of sp³-hybridized carbons (Fsp3) is 0.300. The number of rotatable bonds is 6. The number of benzene rings is 2. The molecule has 2 aromatic carbocycles. The molecule has 0 radical (unpaired) electrons. The van der Waals surface area contributed by atoms with Crippen molar-refractivity contribution in [2.24, 2.45) is 0 Å². The lowest BCUT2D eigenvalue weighted by atomic mass is 10.0. The van der Waals surface area contributed by atoms with Gasteiger partial charge >= 0.3 is 0 Å². The zero-order valence-electron chi connectivity index (χ0n) is 15.1. The highest BCUT2D eigenvalue weighted by Gasteiger charge is 2.12. The molecule has 0 saturated heterocycles. The van der Waals surface area contributed by atoms with E-state index in [-0.39, 0.29) is 0 Å². The van der Waals surface area contributed by atoms with Crippen molar-refractivity contribution in [3.8, 4) is 23.0 Å². The van der Waals surface area contributed by atoms with Gasteiger partial charge in [-0.05, 0) is 54.3 Å². The topological polar surface area (TPSA) is 36.9 Å². The molecule has 0 aliphatic rings. The van der Waals surface area contributed by atoms with Crippen LogP contribution in [0.5, 0.6) is 23.0 Å². The van der Waals surface area contributed by atoms with Gasteiger partial charge in [-0.15, -0.1) is 0 Å². The Morgan fingerprint density at radius 1 is 0.667 bits per heavy atom. The highest BCUT2D eigenvalue weighted by atomic mass is 16.5. The largest absolute Gasteiger partial charge is 0.496 e. The molecule has 0 aromatic heterocycles. The summed E-state index contributed by atoms with van der Waals surface area (Å²) in [4.78, 5) is 0. The van der Waals surface area contributed by atoms with Crippen LogP contribution < -0.4 is 18.9 Å². The van der Waals surface area contributed by atoms with Gasteiger partial charge in [-0.2, -0.15) is 0 Å². The van der Waals surface area contributed by atoms with Gasteiger partial charge in [0.25, 0.3) is 0 Å². The van der Waals surface area contributed by atoms with Gasteiger partial charge in [-0.25, -0.2) is 0 Å². The van der Waals surface area contributed by atoms with Crippen LogP contribution in [0.15, 0.2) is 24.3 Å². The summed E-state index contributed by atoms with van der Waals surface area (Å²) >= 11 is 0. The molecule has 2 aromatic rings. The third kappa shape index (κ3) is 3.48. The van der Waals surface area contributed by atoms with Crippen molar-refractivity contribution in [2.75, 3.05) is 28.4 Å². The first-order chi connectivity index (χ1) is 11.5. The minimum atomic E-state index is 0.591. The first-order valence-corrected chi connectivity index (χ1v) is 7.68. The minimum absolute atomic E-state index is 0.591. The first kappa shape index (κ1) is 17.7. The van der Waals surface area contributed by atoms with Gasteiger partial charge in [-0.1, -0.05) is 18.2 Å². The van der Waals surface area contributed by atoms with Crippen LogP contribution in [0, 0.1) is 13.8 Å². The first-order valence-electron chi connectivity index (χ1n) is 7.68. The van der Waals surface area contributed by atoms with E-state index in [1.165, 1.54) is 5.56 Å². The summed E-state index contributed by atoms with van der Waals surface area (Å²) in [5, 5.41) is 0. The lowest BCUT2D eigenvalue weighted by Crippen LogP contribution is -1.95. The highest BCUT2D eigenvalue weighted by molar-refractivity contribution is 5.74. The van der Waals surface area contributed by atoms with Crippen LogP contribution in [0.4, 0.5) is 0 Å². The second-order valence-electron chi connectivity index (χ2n) is 5.40. The lowest BCUT2D eigenvalue weighted by molar-refractivity contribution is 0.324. The van der Waals surface area contributed by atoms with Gasteiger partial charge < -0.3 is 18.9 Å². The monoisotopic (exact) mass is 328 g/mol. The van der Waals surface area contributed by atoms with Crippen LogP contribution in [0.25, 0.3) is 12.2 Å². The Bertz CT molecular complexity index is 723. The quantitative estimate of drug-likeness (QED) is 0.731. The van der Waals surface area contributed by atoms with Gasteiger partial charge in [0, 0.05) is 0 Å². The molecule has 0 spiro atoms. The predicted molar refractivity (Wildman–Crippen MR) is 97.5 cm³/mol. The molecule has 0 saturated carbocycles. The molecular formula is C20H24O4. The Hall–Kier alpha value is -2.62. The van der Waals surface area contributed by atoms with E-state index in [9.17, 15) is 0 Å². The van der Waals surface area contributed by atoms with Gasteiger partial charge in [0.05, 0.1) is 28.4 Å². The molecule has 0 aliphatic heterocycles. The Kier molecular flexibility index (Phi) is 5.74. The smallest absolute Gasteiger partial charge is 0.203 e. The molecule has 0 N–H and O–H groups in total. The maximum Gasteiger partial charge on any atom is 0.203 e. The van der Waals surface area contributed by atoms with E-state index < -0.39 is 0 Å². The Labute approximate surface area is 143 Å². The van der Waals surface area contributed by atoms with Gasteiger partial charge in [-0.3, -0.25) is 0 Å². The molecule has 128 valence electrons. The average Bonchev–Trinajstić information content (AvgIpc) is 2.61. The predicted octanol–water partition coefficient (Wildman–Crippen LogP) is 4.51. The molecule has 0 fully saturated rings. The van der Waals surface area contributed by atoms with Crippen LogP contribution >= 0.6 is 0 Å². The van der Waals surface area contributed by atoms with Crippen molar-refractivity contribution in [2.45, 2.75) is 13.8 Å². The fourth-order valence-electron chi connectivity index (χ4n) is 2.60. The molecule has 4 nitrogen and oxygen atoms in total. The summed E-state index contributed by atoms with van der Waals surface area (Å²) < 4.78 is 21.5. The van der Waals surface area contributed by atoms with E-state index in [2.05, 4.69) is 26.0 Å². The number of hydrogen-bond donors (Lipinski definition) is 0. The van der Waals surface area contributed by atoms with Crippen molar-refractivity contribution in [3.05, 3.63) is 46.5 Å². The van der Waals surface area contributed by atoms with Crippen LogP contribution in [0.3, 0.4) is 0 Å². The summed E-state index contributed by atoms with van der Waals surface area (Å²) in [7, 11) is 6.51. The number of hydrogen-bond acceptors (Lipinski definition) is 4.